The molecule has 0 radical (unpaired) electrons. The van der Waals surface area contributed by atoms with Crippen molar-refractivity contribution in [3.8, 4) is 0 Å². The smallest absolute Gasteiger partial charge is 0.345 e. The molecule has 2 rings (SSSR count). The molecule has 76 valence electrons. The highest BCUT2D eigenvalue weighted by molar-refractivity contribution is 7.11. The van der Waals surface area contributed by atoms with Crippen LogP contribution in [0.3, 0.4) is 0 Å². The van der Waals surface area contributed by atoms with Crippen LogP contribution in [0.25, 0.3) is 0 Å². The summed E-state index contributed by atoms with van der Waals surface area (Å²) in [6.07, 6.45) is 1.99. The van der Waals surface area contributed by atoms with Crippen LogP contribution < -0.4 is 0 Å². The Kier molecular flexibility index (Phi) is 2.50. The van der Waals surface area contributed by atoms with Crippen molar-refractivity contribution in [3.63, 3.8) is 0 Å². The lowest BCUT2D eigenvalue weighted by atomic mass is 10.0. The van der Waals surface area contributed by atoms with E-state index in [0.29, 0.717) is 0 Å². The van der Waals surface area contributed by atoms with Gasteiger partial charge in [-0.15, -0.1) is 11.3 Å². The van der Waals surface area contributed by atoms with E-state index >= 15 is 0 Å². The lowest BCUT2D eigenvalue weighted by Gasteiger charge is -2.06. The minimum Gasteiger partial charge on any atom is -0.479 e. The molecule has 1 heterocycles. The van der Waals surface area contributed by atoms with Crippen molar-refractivity contribution in [2.45, 2.75) is 31.9 Å². The van der Waals surface area contributed by atoms with Gasteiger partial charge in [-0.2, -0.15) is 0 Å². The first-order valence-electron chi connectivity index (χ1n) is 4.54. The Morgan fingerprint density at radius 3 is 2.86 bits per heavy atom. The number of hydrogen-bond acceptors (Lipinski definition) is 3. The van der Waals surface area contributed by atoms with E-state index in [4.69, 9.17) is 5.11 Å². The molecule has 1 aromatic rings. The minimum absolute atomic E-state index is 0.101. The molecule has 3 nitrogen and oxygen atoms in total. The Bertz CT molecular complexity index is 340. The number of aromatic nitrogens is 1. The Labute approximate surface area is 84.6 Å². The Balaban J connectivity index is 2.28. The summed E-state index contributed by atoms with van der Waals surface area (Å²) in [5, 5.41) is 8.59. The molecule has 1 N–H and O–H groups in total. The number of fused-ring (bicyclic) bond motifs is 1. The number of carboxylic acid groups (broad SMARTS) is 1. The van der Waals surface area contributed by atoms with Crippen LogP contribution in [0.2, 0.25) is 0 Å². The van der Waals surface area contributed by atoms with E-state index in [2.05, 4.69) is 4.98 Å². The summed E-state index contributed by atoms with van der Waals surface area (Å²) in [4.78, 5) is 15.5. The molecule has 0 fully saturated rings. The Hall–Kier alpha value is -0.970. The van der Waals surface area contributed by atoms with E-state index in [1.807, 2.05) is 0 Å². The quantitative estimate of drug-likeness (QED) is 0.822. The molecule has 1 atom stereocenters. The third kappa shape index (κ3) is 1.64. The second kappa shape index (κ2) is 3.65. The zero-order chi connectivity index (χ0) is 10.1. The highest BCUT2D eigenvalue weighted by atomic mass is 32.1. The number of alkyl halides is 1. The summed E-state index contributed by atoms with van der Waals surface area (Å²) < 4.78 is 13.1. The van der Waals surface area contributed by atoms with Gasteiger partial charge >= 0.3 is 5.97 Å². The van der Waals surface area contributed by atoms with Crippen LogP contribution in [0.4, 0.5) is 4.39 Å². The first-order chi connectivity index (χ1) is 6.68. The van der Waals surface area contributed by atoms with Crippen molar-refractivity contribution in [1.82, 2.24) is 4.98 Å². The van der Waals surface area contributed by atoms with Gasteiger partial charge in [-0.1, -0.05) is 0 Å². The summed E-state index contributed by atoms with van der Waals surface area (Å²) >= 11 is 1.20. The average Bonchev–Trinajstić information content (AvgIpc) is 2.59. The van der Waals surface area contributed by atoms with Gasteiger partial charge in [0.1, 0.15) is 5.01 Å². The molecule has 0 bridgehead atoms. The van der Waals surface area contributed by atoms with Crippen LogP contribution in [-0.2, 0) is 17.6 Å². The largest absolute Gasteiger partial charge is 0.479 e. The third-order valence-corrected chi connectivity index (χ3v) is 3.49. The molecule has 0 saturated heterocycles. The molecule has 0 aromatic carbocycles. The van der Waals surface area contributed by atoms with Gasteiger partial charge in [-0.3, -0.25) is 0 Å². The van der Waals surface area contributed by atoms with Crippen molar-refractivity contribution in [2.75, 3.05) is 0 Å². The molecule has 0 saturated carbocycles. The molecule has 1 unspecified atom stereocenters. The predicted molar refractivity (Wildman–Crippen MR) is 50.2 cm³/mol. The number of halogens is 1. The second-order valence-electron chi connectivity index (χ2n) is 3.33. The predicted octanol–water partition coefficient (Wildman–Crippen LogP) is 2.12. The fraction of sp³-hybridized carbons (Fsp3) is 0.556. The molecule has 5 heteroatoms. The van der Waals surface area contributed by atoms with E-state index in [1.54, 1.807) is 0 Å². The molecule has 0 spiro atoms. The van der Waals surface area contributed by atoms with Crippen LogP contribution in [0.1, 0.15) is 34.6 Å². The maximum absolute atomic E-state index is 13.1. The summed E-state index contributed by atoms with van der Waals surface area (Å²) in [7, 11) is 0. The minimum atomic E-state index is -1.95. The summed E-state index contributed by atoms with van der Waals surface area (Å²) in [6.45, 7) is 0. The first-order valence-corrected chi connectivity index (χ1v) is 5.35. The highest BCUT2D eigenvalue weighted by Gasteiger charge is 2.25. The standard InChI is InChI=1S/C9H10FNO2S/c10-7(9(12)13)8-11-5-3-1-2-4-6(5)14-8/h7H,1-4H2,(H,12,13). The highest BCUT2D eigenvalue weighted by Crippen LogP contribution is 2.31. The van der Waals surface area contributed by atoms with E-state index in [1.165, 1.54) is 11.3 Å². The number of carbonyl (C=O) groups is 1. The van der Waals surface area contributed by atoms with Gasteiger partial charge in [-0.25, -0.2) is 14.2 Å². The first kappa shape index (κ1) is 9.58. The average molecular weight is 215 g/mol. The number of aryl methyl sites for hydroxylation is 2. The maximum atomic E-state index is 13.1. The van der Waals surface area contributed by atoms with Crippen molar-refractivity contribution < 1.29 is 14.3 Å². The molecule has 0 aliphatic heterocycles. The van der Waals surface area contributed by atoms with E-state index in [9.17, 15) is 9.18 Å². The van der Waals surface area contributed by atoms with Crippen molar-refractivity contribution in [1.29, 1.82) is 0 Å². The topological polar surface area (TPSA) is 50.2 Å². The van der Waals surface area contributed by atoms with Gasteiger partial charge < -0.3 is 5.11 Å². The van der Waals surface area contributed by atoms with E-state index < -0.39 is 12.1 Å². The molecule has 1 aliphatic carbocycles. The van der Waals surface area contributed by atoms with E-state index in [-0.39, 0.29) is 5.01 Å². The third-order valence-electron chi connectivity index (χ3n) is 2.30. The zero-order valence-electron chi connectivity index (χ0n) is 7.49. The number of aliphatic carboxylic acids is 1. The molecule has 1 aromatic heterocycles. The summed E-state index contributed by atoms with van der Waals surface area (Å²) in [5.74, 6) is -1.45. The van der Waals surface area contributed by atoms with Crippen LogP contribution in [0.15, 0.2) is 0 Å². The van der Waals surface area contributed by atoms with Crippen LogP contribution >= 0.6 is 11.3 Å². The van der Waals surface area contributed by atoms with Gasteiger partial charge in [0.15, 0.2) is 0 Å². The maximum Gasteiger partial charge on any atom is 0.345 e. The number of carboxylic acids is 1. The van der Waals surface area contributed by atoms with Crippen molar-refractivity contribution in [3.05, 3.63) is 15.6 Å². The van der Waals surface area contributed by atoms with Crippen LogP contribution in [0.5, 0.6) is 0 Å². The zero-order valence-corrected chi connectivity index (χ0v) is 8.31. The normalized spacial score (nSPS) is 17.5. The number of rotatable bonds is 2. The monoisotopic (exact) mass is 215 g/mol. The number of nitrogens with zero attached hydrogens (tertiary/aromatic N) is 1. The Morgan fingerprint density at radius 2 is 2.21 bits per heavy atom. The number of hydrogen-bond donors (Lipinski definition) is 1. The van der Waals surface area contributed by atoms with Gasteiger partial charge in [0, 0.05) is 4.88 Å². The van der Waals surface area contributed by atoms with Gasteiger partial charge in [-0.05, 0) is 25.7 Å². The van der Waals surface area contributed by atoms with Gasteiger partial charge in [0.25, 0.3) is 0 Å². The van der Waals surface area contributed by atoms with E-state index in [0.717, 1.165) is 36.3 Å². The lowest BCUT2D eigenvalue weighted by Crippen LogP contribution is -2.05. The molecular formula is C9H10FNO2S. The van der Waals surface area contributed by atoms with Crippen LogP contribution in [0, 0.1) is 0 Å². The van der Waals surface area contributed by atoms with Crippen molar-refractivity contribution >= 4 is 17.3 Å². The second-order valence-corrected chi connectivity index (χ2v) is 4.45. The summed E-state index contributed by atoms with van der Waals surface area (Å²) in [5.41, 5.74) is 0.903. The fourth-order valence-corrected chi connectivity index (χ4v) is 2.71. The van der Waals surface area contributed by atoms with Crippen LogP contribution in [-0.4, -0.2) is 16.1 Å². The summed E-state index contributed by atoms with van der Waals surface area (Å²) in [6, 6.07) is 0. The molecular weight excluding hydrogens is 205 g/mol. The molecule has 1 aliphatic rings. The fourth-order valence-electron chi connectivity index (χ4n) is 1.59. The van der Waals surface area contributed by atoms with Gasteiger partial charge in [0.2, 0.25) is 6.17 Å². The number of thiazole rings is 1. The van der Waals surface area contributed by atoms with Gasteiger partial charge in [0.05, 0.1) is 5.69 Å². The molecule has 0 amide bonds. The lowest BCUT2D eigenvalue weighted by molar-refractivity contribution is -0.143. The Morgan fingerprint density at radius 1 is 1.50 bits per heavy atom. The van der Waals surface area contributed by atoms with Crippen molar-refractivity contribution in [2.24, 2.45) is 0 Å². The SMILES string of the molecule is O=C(O)C(F)c1nc2c(s1)CCCC2. The molecule has 14 heavy (non-hydrogen) atoms.